The van der Waals surface area contributed by atoms with Crippen molar-refractivity contribution in [1.82, 2.24) is 5.32 Å². The van der Waals surface area contributed by atoms with E-state index in [1.807, 2.05) is 51.1 Å². The van der Waals surface area contributed by atoms with Gasteiger partial charge in [0.1, 0.15) is 18.4 Å². The Morgan fingerprint density at radius 3 is 2.36 bits per heavy atom. The Bertz CT molecular complexity index is 941. The number of benzene rings is 2. The van der Waals surface area contributed by atoms with Crippen molar-refractivity contribution in [1.29, 1.82) is 0 Å². The number of hydrogen-bond donors (Lipinski definition) is 1. The lowest BCUT2D eigenvalue weighted by Gasteiger charge is -2.28. The van der Waals surface area contributed by atoms with Gasteiger partial charge in [-0.05, 0) is 62.6 Å². The summed E-state index contributed by atoms with van der Waals surface area (Å²) < 4.78 is 31.5. The van der Waals surface area contributed by atoms with Crippen molar-refractivity contribution in [2.75, 3.05) is 23.7 Å². The molecule has 0 unspecified atom stereocenters. The third-order valence-corrected chi connectivity index (χ3v) is 5.83. The molecule has 0 aliphatic carbocycles. The van der Waals surface area contributed by atoms with Gasteiger partial charge in [0.05, 0.1) is 18.5 Å². The van der Waals surface area contributed by atoms with E-state index < -0.39 is 16.1 Å². The van der Waals surface area contributed by atoms with E-state index in [-0.39, 0.29) is 12.5 Å². The highest BCUT2D eigenvalue weighted by Gasteiger charge is 2.29. The highest BCUT2D eigenvalue weighted by molar-refractivity contribution is 7.92. The summed E-state index contributed by atoms with van der Waals surface area (Å²) in [6.07, 6.45) is 1.10. The number of ether oxygens (including phenoxy) is 1. The SMILES string of the molecule is Cc1ccc(N([C@H](C)C(=O)NCCOc2ccccc2C)S(C)(=O)=O)cc1C. The fourth-order valence-corrected chi connectivity index (χ4v) is 4.04. The van der Waals surface area contributed by atoms with E-state index in [2.05, 4.69) is 5.32 Å². The van der Waals surface area contributed by atoms with Crippen molar-refractivity contribution in [3.05, 3.63) is 59.2 Å². The maximum Gasteiger partial charge on any atom is 0.243 e. The molecule has 1 atom stereocenters. The highest BCUT2D eigenvalue weighted by Crippen LogP contribution is 2.23. The molecule has 0 heterocycles. The number of amides is 1. The second-order valence-electron chi connectivity index (χ2n) is 6.91. The van der Waals surface area contributed by atoms with Gasteiger partial charge in [0.15, 0.2) is 0 Å². The quantitative estimate of drug-likeness (QED) is 0.687. The number of rotatable bonds is 8. The molecule has 0 aliphatic heterocycles. The van der Waals surface area contributed by atoms with Crippen LogP contribution in [0.2, 0.25) is 0 Å². The molecule has 2 rings (SSSR count). The fraction of sp³-hybridized carbons (Fsp3) is 0.381. The molecule has 1 N–H and O–H groups in total. The van der Waals surface area contributed by atoms with Crippen LogP contribution in [0.1, 0.15) is 23.6 Å². The Morgan fingerprint density at radius 1 is 1.07 bits per heavy atom. The van der Waals surface area contributed by atoms with Crippen LogP contribution >= 0.6 is 0 Å². The van der Waals surface area contributed by atoms with Gasteiger partial charge in [-0.3, -0.25) is 9.10 Å². The molecule has 6 nitrogen and oxygen atoms in total. The average molecular weight is 405 g/mol. The largest absolute Gasteiger partial charge is 0.491 e. The van der Waals surface area contributed by atoms with E-state index in [0.29, 0.717) is 12.3 Å². The molecule has 0 spiro atoms. The number of carbonyl (C=O) groups is 1. The van der Waals surface area contributed by atoms with Gasteiger partial charge in [0.25, 0.3) is 0 Å². The second-order valence-corrected chi connectivity index (χ2v) is 8.77. The smallest absolute Gasteiger partial charge is 0.243 e. The van der Waals surface area contributed by atoms with Gasteiger partial charge >= 0.3 is 0 Å². The third-order valence-electron chi connectivity index (χ3n) is 4.59. The maximum atomic E-state index is 12.6. The summed E-state index contributed by atoms with van der Waals surface area (Å²) >= 11 is 0. The Labute approximate surface area is 167 Å². The molecule has 0 aliphatic rings. The first-order valence-electron chi connectivity index (χ1n) is 9.14. The van der Waals surface area contributed by atoms with Crippen LogP contribution in [0.4, 0.5) is 5.69 Å². The second kappa shape index (κ2) is 9.10. The molecule has 0 bridgehead atoms. The van der Waals surface area contributed by atoms with E-state index in [4.69, 9.17) is 4.74 Å². The van der Waals surface area contributed by atoms with Gasteiger partial charge < -0.3 is 10.1 Å². The average Bonchev–Trinajstić information content (AvgIpc) is 2.62. The van der Waals surface area contributed by atoms with Gasteiger partial charge in [0, 0.05) is 0 Å². The number of nitrogens with zero attached hydrogens (tertiary/aromatic N) is 1. The number of aryl methyl sites for hydroxylation is 3. The summed E-state index contributed by atoms with van der Waals surface area (Å²) in [5.41, 5.74) is 3.51. The van der Waals surface area contributed by atoms with Crippen molar-refractivity contribution in [3.63, 3.8) is 0 Å². The number of para-hydroxylation sites is 1. The molecule has 0 saturated carbocycles. The summed E-state index contributed by atoms with van der Waals surface area (Å²) in [4.78, 5) is 12.6. The Balaban J connectivity index is 2.03. The summed E-state index contributed by atoms with van der Waals surface area (Å²) in [6, 6.07) is 12.1. The van der Waals surface area contributed by atoms with Crippen molar-refractivity contribution in [3.8, 4) is 5.75 Å². The van der Waals surface area contributed by atoms with Crippen LogP contribution < -0.4 is 14.4 Å². The normalized spacial score (nSPS) is 12.3. The molecule has 2 aromatic rings. The zero-order valence-electron chi connectivity index (χ0n) is 17.0. The fourth-order valence-electron chi connectivity index (χ4n) is 2.87. The minimum absolute atomic E-state index is 0.280. The van der Waals surface area contributed by atoms with Crippen molar-refractivity contribution in [2.24, 2.45) is 0 Å². The number of nitrogens with one attached hydrogen (secondary N) is 1. The van der Waals surface area contributed by atoms with Crippen LogP contribution in [0, 0.1) is 20.8 Å². The molecule has 28 heavy (non-hydrogen) atoms. The van der Waals surface area contributed by atoms with Gasteiger partial charge in [0.2, 0.25) is 15.9 Å². The minimum atomic E-state index is -3.63. The monoisotopic (exact) mass is 404 g/mol. The summed E-state index contributed by atoms with van der Waals surface area (Å²) in [5.74, 6) is 0.384. The predicted octanol–water partition coefficient (Wildman–Crippen LogP) is 2.96. The van der Waals surface area contributed by atoms with Crippen LogP contribution in [-0.4, -0.2) is 39.8 Å². The van der Waals surface area contributed by atoms with E-state index in [9.17, 15) is 13.2 Å². The van der Waals surface area contributed by atoms with E-state index in [1.54, 1.807) is 19.1 Å². The summed E-state index contributed by atoms with van der Waals surface area (Å²) in [5, 5.41) is 2.75. The number of anilines is 1. The van der Waals surface area contributed by atoms with Gasteiger partial charge in [-0.15, -0.1) is 0 Å². The molecular weight excluding hydrogens is 376 g/mol. The van der Waals surface area contributed by atoms with E-state index in [1.165, 1.54) is 0 Å². The molecule has 152 valence electrons. The Kier molecular flexibility index (Phi) is 7.07. The Hall–Kier alpha value is -2.54. The molecule has 0 saturated heterocycles. The molecule has 1 amide bonds. The number of carbonyl (C=O) groups excluding carboxylic acids is 1. The number of hydrogen-bond acceptors (Lipinski definition) is 4. The highest BCUT2D eigenvalue weighted by atomic mass is 32.2. The topological polar surface area (TPSA) is 75.7 Å². The zero-order valence-corrected chi connectivity index (χ0v) is 17.8. The van der Waals surface area contributed by atoms with Crippen molar-refractivity contribution < 1.29 is 17.9 Å². The van der Waals surface area contributed by atoms with Gasteiger partial charge in [-0.2, -0.15) is 0 Å². The summed E-state index contributed by atoms with van der Waals surface area (Å²) in [6.45, 7) is 7.96. The molecule has 0 fully saturated rings. The molecule has 0 aromatic heterocycles. The predicted molar refractivity (Wildman–Crippen MR) is 112 cm³/mol. The van der Waals surface area contributed by atoms with Gasteiger partial charge in [-0.25, -0.2) is 8.42 Å². The van der Waals surface area contributed by atoms with Crippen LogP contribution in [0.3, 0.4) is 0 Å². The van der Waals surface area contributed by atoms with Crippen LogP contribution in [0.25, 0.3) is 0 Å². The third kappa shape index (κ3) is 5.48. The standard InChI is InChI=1S/C21H28N2O4S/c1-15-10-11-19(14-17(15)3)23(28(5,25)26)18(4)21(24)22-12-13-27-20-9-7-6-8-16(20)2/h6-11,14,18H,12-13H2,1-5H3,(H,22,24)/t18-/m1/s1. The molecular formula is C21H28N2O4S. The minimum Gasteiger partial charge on any atom is -0.491 e. The molecule has 7 heteroatoms. The van der Waals surface area contributed by atoms with Crippen LogP contribution in [0.15, 0.2) is 42.5 Å². The number of sulfonamides is 1. The lowest BCUT2D eigenvalue weighted by atomic mass is 10.1. The van der Waals surface area contributed by atoms with Crippen molar-refractivity contribution in [2.45, 2.75) is 33.7 Å². The van der Waals surface area contributed by atoms with Crippen LogP contribution in [-0.2, 0) is 14.8 Å². The Morgan fingerprint density at radius 2 is 1.75 bits per heavy atom. The van der Waals surface area contributed by atoms with Crippen LogP contribution in [0.5, 0.6) is 5.75 Å². The lowest BCUT2D eigenvalue weighted by Crippen LogP contribution is -2.48. The van der Waals surface area contributed by atoms with E-state index >= 15 is 0 Å². The van der Waals surface area contributed by atoms with E-state index in [0.717, 1.165) is 33.0 Å². The van der Waals surface area contributed by atoms with Gasteiger partial charge in [-0.1, -0.05) is 24.3 Å². The lowest BCUT2D eigenvalue weighted by molar-refractivity contribution is -0.121. The first kappa shape index (κ1) is 21.8. The molecule has 2 aromatic carbocycles. The molecule has 0 radical (unpaired) electrons. The maximum absolute atomic E-state index is 12.6. The zero-order chi connectivity index (χ0) is 20.9. The summed E-state index contributed by atoms with van der Waals surface area (Å²) in [7, 11) is -3.63. The first-order chi connectivity index (χ1) is 13.1. The van der Waals surface area contributed by atoms with Crippen molar-refractivity contribution >= 4 is 21.6 Å². The first-order valence-corrected chi connectivity index (χ1v) is 11.0.